The zero-order chi connectivity index (χ0) is 23.0. The first-order valence-corrected chi connectivity index (χ1v) is 10.7. The van der Waals surface area contributed by atoms with Gasteiger partial charge in [-0.25, -0.2) is 14.0 Å². The van der Waals surface area contributed by atoms with E-state index in [1.54, 1.807) is 0 Å². The first-order chi connectivity index (χ1) is 14.2. The summed E-state index contributed by atoms with van der Waals surface area (Å²) >= 11 is 0. The molecule has 0 radical (unpaired) electrons. The topological polar surface area (TPSA) is 95.4 Å². The molecule has 0 saturated heterocycles. The van der Waals surface area contributed by atoms with Gasteiger partial charge in [0.25, 0.3) is 0 Å². The standard InChI is InChI=1S/C21H36N10/c1-19(2,3)29-13-16(22-25-29)10-28(11-17-14-30(26-23-17)20(4,5)6)12-18-15-31(27-24-18)21(7,8)9/h13-15H,10-12H2,1-9H3. The maximum atomic E-state index is 4.38. The molecule has 10 heteroatoms. The van der Waals surface area contributed by atoms with Gasteiger partial charge in [0.2, 0.25) is 0 Å². The summed E-state index contributed by atoms with van der Waals surface area (Å²) in [4.78, 5) is 2.24. The SMILES string of the molecule is CC(C)(C)n1cc(CN(Cc2cn(C(C)(C)C)nn2)Cc2cn(C(C)(C)C)nn2)nn1. The van der Waals surface area contributed by atoms with Gasteiger partial charge in [-0.2, -0.15) is 0 Å². The van der Waals surface area contributed by atoms with E-state index < -0.39 is 0 Å². The molecular weight excluding hydrogens is 392 g/mol. The molecule has 10 nitrogen and oxygen atoms in total. The van der Waals surface area contributed by atoms with Crippen molar-refractivity contribution in [2.75, 3.05) is 0 Å². The molecule has 0 aliphatic heterocycles. The highest BCUT2D eigenvalue weighted by Crippen LogP contribution is 2.18. The molecule has 0 aliphatic rings. The fraction of sp³-hybridized carbons (Fsp3) is 0.714. The van der Waals surface area contributed by atoms with Crippen LogP contribution >= 0.6 is 0 Å². The molecule has 0 fully saturated rings. The van der Waals surface area contributed by atoms with Crippen molar-refractivity contribution in [3.8, 4) is 0 Å². The Hall–Kier alpha value is -2.62. The van der Waals surface area contributed by atoms with E-state index in [0.717, 1.165) is 17.1 Å². The minimum absolute atomic E-state index is 0.110. The summed E-state index contributed by atoms with van der Waals surface area (Å²) in [5, 5.41) is 26.1. The van der Waals surface area contributed by atoms with Crippen molar-refractivity contribution in [3.63, 3.8) is 0 Å². The molecule has 0 bridgehead atoms. The Morgan fingerprint density at radius 1 is 0.548 bits per heavy atom. The average Bonchev–Trinajstić information content (AvgIpc) is 3.32. The molecule has 0 aliphatic carbocycles. The van der Waals surface area contributed by atoms with Gasteiger partial charge in [-0.05, 0) is 62.3 Å². The van der Waals surface area contributed by atoms with Gasteiger partial charge in [0, 0.05) is 19.6 Å². The molecule has 0 amide bonds. The highest BCUT2D eigenvalue weighted by Gasteiger charge is 2.21. The van der Waals surface area contributed by atoms with Crippen LogP contribution in [0.4, 0.5) is 0 Å². The number of rotatable bonds is 6. The zero-order valence-corrected chi connectivity index (χ0v) is 20.3. The lowest BCUT2D eigenvalue weighted by Gasteiger charge is -2.20. The lowest BCUT2D eigenvalue weighted by atomic mass is 10.1. The largest absolute Gasteiger partial charge is 0.285 e. The first-order valence-electron chi connectivity index (χ1n) is 10.7. The Kier molecular flexibility index (Phi) is 6.05. The lowest BCUT2D eigenvalue weighted by molar-refractivity contribution is 0.238. The van der Waals surface area contributed by atoms with Crippen molar-refractivity contribution in [2.24, 2.45) is 0 Å². The Bertz CT molecular complexity index is 861. The summed E-state index contributed by atoms with van der Waals surface area (Å²) in [6.07, 6.45) is 6.01. The van der Waals surface area contributed by atoms with E-state index in [1.807, 2.05) is 32.6 Å². The molecule has 0 aromatic carbocycles. The van der Waals surface area contributed by atoms with Crippen LogP contribution in [0, 0.1) is 0 Å². The molecule has 0 N–H and O–H groups in total. The minimum atomic E-state index is -0.110. The fourth-order valence-electron chi connectivity index (χ4n) is 2.95. The molecular formula is C21H36N10. The Balaban J connectivity index is 1.82. The summed E-state index contributed by atoms with van der Waals surface area (Å²) in [5.74, 6) is 0. The van der Waals surface area contributed by atoms with Gasteiger partial charge < -0.3 is 0 Å². The highest BCUT2D eigenvalue weighted by molar-refractivity contribution is 5.01. The van der Waals surface area contributed by atoms with E-state index in [0.29, 0.717) is 19.6 Å². The van der Waals surface area contributed by atoms with Crippen LogP contribution in [-0.4, -0.2) is 49.9 Å². The van der Waals surface area contributed by atoms with Gasteiger partial charge in [-0.1, -0.05) is 15.6 Å². The van der Waals surface area contributed by atoms with Crippen LogP contribution in [0.15, 0.2) is 18.6 Å². The molecule has 0 atom stereocenters. The van der Waals surface area contributed by atoms with Crippen molar-refractivity contribution in [1.82, 2.24) is 49.9 Å². The highest BCUT2D eigenvalue weighted by atomic mass is 15.5. The van der Waals surface area contributed by atoms with Crippen LogP contribution in [0.25, 0.3) is 0 Å². The quantitative estimate of drug-likeness (QED) is 0.595. The van der Waals surface area contributed by atoms with Gasteiger partial charge in [0.05, 0.1) is 52.3 Å². The maximum Gasteiger partial charge on any atom is 0.0967 e. The lowest BCUT2D eigenvalue weighted by Crippen LogP contribution is -2.24. The van der Waals surface area contributed by atoms with E-state index in [1.165, 1.54) is 0 Å². The van der Waals surface area contributed by atoms with Gasteiger partial charge in [0.1, 0.15) is 0 Å². The predicted molar refractivity (Wildman–Crippen MR) is 118 cm³/mol. The second-order valence-corrected chi connectivity index (χ2v) is 11.1. The fourth-order valence-corrected chi connectivity index (χ4v) is 2.95. The second-order valence-electron chi connectivity index (χ2n) is 11.1. The predicted octanol–water partition coefficient (Wildman–Crippen LogP) is 2.93. The normalized spacial score (nSPS) is 13.4. The van der Waals surface area contributed by atoms with Gasteiger partial charge in [0.15, 0.2) is 0 Å². The third kappa shape index (κ3) is 5.96. The van der Waals surface area contributed by atoms with Gasteiger partial charge in [-0.3, -0.25) is 4.90 Å². The molecule has 3 aromatic rings. The van der Waals surface area contributed by atoms with E-state index in [4.69, 9.17) is 0 Å². The average molecular weight is 429 g/mol. The Morgan fingerprint density at radius 3 is 1.00 bits per heavy atom. The summed E-state index contributed by atoms with van der Waals surface area (Å²) in [6, 6.07) is 0. The monoisotopic (exact) mass is 428 g/mol. The molecule has 0 unspecified atom stereocenters. The first kappa shape index (κ1) is 23.1. The third-order valence-corrected chi connectivity index (χ3v) is 4.84. The number of nitrogens with zero attached hydrogens (tertiary/aromatic N) is 10. The molecule has 3 rings (SSSR count). The summed E-state index contributed by atoms with van der Waals surface area (Å²) in [6.45, 7) is 20.9. The van der Waals surface area contributed by atoms with Crippen molar-refractivity contribution in [3.05, 3.63) is 35.7 Å². The van der Waals surface area contributed by atoms with Crippen LogP contribution in [0.2, 0.25) is 0 Å². The summed E-state index contributed by atoms with van der Waals surface area (Å²) in [7, 11) is 0. The molecule has 3 heterocycles. The van der Waals surface area contributed by atoms with Crippen molar-refractivity contribution in [1.29, 1.82) is 0 Å². The molecule has 170 valence electrons. The summed E-state index contributed by atoms with van der Waals surface area (Å²) in [5.41, 5.74) is 2.38. The number of hydrogen-bond donors (Lipinski definition) is 0. The Morgan fingerprint density at radius 2 is 0.806 bits per heavy atom. The van der Waals surface area contributed by atoms with Crippen molar-refractivity contribution >= 4 is 0 Å². The molecule has 0 saturated carbocycles. The van der Waals surface area contributed by atoms with E-state index >= 15 is 0 Å². The smallest absolute Gasteiger partial charge is 0.0967 e. The van der Waals surface area contributed by atoms with Crippen LogP contribution in [0.5, 0.6) is 0 Å². The Labute approximate surface area is 184 Å². The van der Waals surface area contributed by atoms with Crippen molar-refractivity contribution < 1.29 is 0 Å². The van der Waals surface area contributed by atoms with E-state index in [-0.39, 0.29) is 16.6 Å². The third-order valence-electron chi connectivity index (χ3n) is 4.84. The van der Waals surface area contributed by atoms with Crippen LogP contribution < -0.4 is 0 Å². The van der Waals surface area contributed by atoms with Crippen LogP contribution in [-0.2, 0) is 36.3 Å². The van der Waals surface area contributed by atoms with E-state index in [9.17, 15) is 0 Å². The molecule has 31 heavy (non-hydrogen) atoms. The van der Waals surface area contributed by atoms with E-state index in [2.05, 4.69) is 98.1 Å². The van der Waals surface area contributed by atoms with Gasteiger partial charge in [-0.15, -0.1) is 15.3 Å². The zero-order valence-electron chi connectivity index (χ0n) is 20.3. The van der Waals surface area contributed by atoms with Crippen LogP contribution in [0.3, 0.4) is 0 Å². The summed E-state index contributed by atoms with van der Waals surface area (Å²) < 4.78 is 5.69. The second kappa shape index (κ2) is 8.14. The minimum Gasteiger partial charge on any atom is -0.285 e. The molecule has 3 aromatic heterocycles. The van der Waals surface area contributed by atoms with Gasteiger partial charge >= 0.3 is 0 Å². The van der Waals surface area contributed by atoms with Crippen molar-refractivity contribution in [2.45, 2.75) is 98.6 Å². The van der Waals surface area contributed by atoms with Crippen LogP contribution in [0.1, 0.15) is 79.4 Å². The molecule has 0 spiro atoms. The number of aromatic nitrogens is 9. The maximum absolute atomic E-state index is 4.38. The number of hydrogen-bond acceptors (Lipinski definition) is 7.